The van der Waals surface area contributed by atoms with Gasteiger partial charge in [-0.3, -0.25) is 4.79 Å². The fourth-order valence-electron chi connectivity index (χ4n) is 2.43. The molecule has 1 aromatic carbocycles. The molecule has 0 fully saturated rings. The second-order valence-electron chi connectivity index (χ2n) is 5.74. The molecular formula is C18H19N3O2S. The zero-order valence-electron chi connectivity index (χ0n) is 13.8. The van der Waals surface area contributed by atoms with Gasteiger partial charge in [0.1, 0.15) is 15.5 Å². The molecule has 3 aromatic rings. The number of hydrogen-bond acceptors (Lipinski definition) is 5. The molecule has 3 N–H and O–H groups in total. The highest BCUT2D eigenvalue weighted by molar-refractivity contribution is 7.21. The van der Waals surface area contributed by atoms with Gasteiger partial charge in [0.2, 0.25) is 0 Å². The van der Waals surface area contributed by atoms with Crippen molar-refractivity contribution in [2.45, 2.75) is 19.8 Å². The summed E-state index contributed by atoms with van der Waals surface area (Å²) in [7, 11) is 1.57. The van der Waals surface area contributed by atoms with Crippen molar-refractivity contribution in [1.82, 2.24) is 4.98 Å². The molecule has 0 aliphatic rings. The van der Waals surface area contributed by atoms with Gasteiger partial charge in [-0.05, 0) is 30.2 Å². The van der Waals surface area contributed by atoms with Crippen LogP contribution in [0.2, 0.25) is 0 Å². The van der Waals surface area contributed by atoms with Gasteiger partial charge in [0.15, 0.2) is 0 Å². The Morgan fingerprint density at radius 3 is 2.71 bits per heavy atom. The fourth-order valence-corrected chi connectivity index (χ4v) is 3.42. The molecule has 3 rings (SSSR count). The van der Waals surface area contributed by atoms with Crippen LogP contribution in [0.1, 0.15) is 35.1 Å². The lowest BCUT2D eigenvalue weighted by Crippen LogP contribution is -2.12. The van der Waals surface area contributed by atoms with Crippen LogP contribution < -0.4 is 15.8 Å². The lowest BCUT2D eigenvalue weighted by molar-refractivity contribution is 0.103. The van der Waals surface area contributed by atoms with E-state index in [0.29, 0.717) is 27.9 Å². The Labute approximate surface area is 144 Å². The number of nitrogens with one attached hydrogen (secondary N) is 1. The Bertz CT molecular complexity index is 902. The minimum absolute atomic E-state index is 0.258. The van der Waals surface area contributed by atoms with Crippen LogP contribution in [-0.2, 0) is 0 Å². The Hall–Kier alpha value is -2.60. The number of rotatable bonds is 4. The predicted molar refractivity (Wildman–Crippen MR) is 99.1 cm³/mol. The van der Waals surface area contributed by atoms with Gasteiger partial charge in [-0.2, -0.15) is 0 Å². The molecule has 0 aliphatic heterocycles. The van der Waals surface area contributed by atoms with E-state index in [2.05, 4.69) is 24.1 Å². The van der Waals surface area contributed by atoms with E-state index in [1.807, 2.05) is 24.3 Å². The molecule has 2 aromatic heterocycles. The topological polar surface area (TPSA) is 77.2 Å². The predicted octanol–water partition coefficient (Wildman–Crippen LogP) is 4.26. The van der Waals surface area contributed by atoms with Crippen molar-refractivity contribution >= 4 is 38.8 Å². The molecule has 24 heavy (non-hydrogen) atoms. The smallest absolute Gasteiger partial charge is 0.268 e. The van der Waals surface area contributed by atoms with Crippen LogP contribution in [0.25, 0.3) is 10.2 Å². The second kappa shape index (κ2) is 6.49. The van der Waals surface area contributed by atoms with E-state index < -0.39 is 0 Å². The first-order chi connectivity index (χ1) is 11.5. The van der Waals surface area contributed by atoms with Crippen molar-refractivity contribution < 1.29 is 9.53 Å². The molecule has 0 saturated carbocycles. The third kappa shape index (κ3) is 2.92. The van der Waals surface area contributed by atoms with Crippen LogP contribution in [0.5, 0.6) is 5.75 Å². The number of ether oxygens (including phenoxy) is 1. The number of aromatic nitrogens is 1. The van der Waals surface area contributed by atoms with Crippen LogP contribution in [0.15, 0.2) is 36.4 Å². The SMILES string of the molecule is COc1ccccc1NC(=O)c1sc2nc(C(C)C)ccc2c1N. The minimum Gasteiger partial charge on any atom is -0.495 e. The van der Waals surface area contributed by atoms with E-state index >= 15 is 0 Å². The van der Waals surface area contributed by atoms with Crippen LogP contribution in [0.4, 0.5) is 11.4 Å². The number of nitrogens with zero attached hydrogens (tertiary/aromatic N) is 1. The van der Waals surface area contributed by atoms with Gasteiger partial charge in [-0.1, -0.05) is 26.0 Å². The molecule has 1 amide bonds. The summed E-state index contributed by atoms with van der Waals surface area (Å²) >= 11 is 1.31. The molecule has 0 unspecified atom stereocenters. The van der Waals surface area contributed by atoms with Crippen LogP contribution in [0.3, 0.4) is 0 Å². The third-order valence-electron chi connectivity index (χ3n) is 3.77. The van der Waals surface area contributed by atoms with Gasteiger partial charge in [0, 0.05) is 11.1 Å². The Morgan fingerprint density at radius 2 is 2.00 bits per heavy atom. The average molecular weight is 341 g/mol. The molecule has 0 aliphatic carbocycles. The quantitative estimate of drug-likeness (QED) is 0.743. The number of anilines is 2. The monoisotopic (exact) mass is 341 g/mol. The summed E-state index contributed by atoms with van der Waals surface area (Å²) < 4.78 is 5.26. The number of nitrogens with two attached hydrogens (primary N) is 1. The number of amides is 1. The third-order valence-corrected chi connectivity index (χ3v) is 4.88. The number of methoxy groups -OCH3 is 1. The number of benzene rings is 1. The van der Waals surface area contributed by atoms with Gasteiger partial charge >= 0.3 is 0 Å². The number of thiophene rings is 1. The van der Waals surface area contributed by atoms with Crippen molar-refractivity contribution in [2.75, 3.05) is 18.2 Å². The van der Waals surface area contributed by atoms with E-state index in [-0.39, 0.29) is 5.91 Å². The van der Waals surface area contributed by atoms with Gasteiger partial charge in [-0.15, -0.1) is 11.3 Å². The van der Waals surface area contributed by atoms with E-state index in [9.17, 15) is 4.79 Å². The van der Waals surface area contributed by atoms with E-state index in [4.69, 9.17) is 10.5 Å². The molecule has 0 spiro atoms. The maximum absolute atomic E-state index is 12.6. The van der Waals surface area contributed by atoms with Gasteiger partial charge < -0.3 is 15.8 Å². The van der Waals surface area contributed by atoms with E-state index in [1.54, 1.807) is 19.2 Å². The molecule has 124 valence electrons. The standard InChI is InChI=1S/C18H19N3O2S/c1-10(2)12-9-8-11-15(19)16(24-18(11)21-12)17(22)20-13-6-4-5-7-14(13)23-3/h4-10H,19H2,1-3H3,(H,20,22). The summed E-state index contributed by atoms with van der Waals surface area (Å²) in [5, 5.41) is 3.67. The van der Waals surface area contributed by atoms with Gasteiger partial charge in [-0.25, -0.2) is 4.98 Å². The summed E-state index contributed by atoms with van der Waals surface area (Å²) in [6.45, 7) is 4.17. The minimum atomic E-state index is -0.258. The summed E-state index contributed by atoms with van der Waals surface area (Å²) in [5.74, 6) is 0.667. The number of carbonyl (C=O) groups is 1. The highest BCUT2D eigenvalue weighted by atomic mass is 32.1. The van der Waals surface area contributed by atoms with Gasteiger partial charge in [0.25, 0.3) is 5.91 Å². The Balaban J connectivity index is 1.96. The molecule has 2 heterocycles. The van der Waals surface area contributed by atoms with Crippen LogP contribution >= 0.6 is 11.3 Å². The van der Waals surface area contributed by atoms with E-state index in [0.717, 1.165) is 15.9 Å². The summed E-state index contributed by atoms with van der Waals surface area (Å²) in [6.07, 6.45) is 0. The average Bonchev–Trinajstić information content (AvgIpc) is 2.91. The van der Waals surface area contributed by atoms with Crippen molar-refractivity contribution in [3.8, 4) is 5.75 Å². The zero-order valence-corrected chi connectivity index (χ0v) is 14.6. The second-order valence-corrected chi connectivity index (χ2v) is 6.74. The Kier molecular flexibility index (Phi) is 4.40. The first kappa shape index (κ1) is 16.3. The molecule has 6 heteroatoms. The summed E-state index contributed by atoms with van der Waals surface area (Å²) in [5.41, 5.74) is 8.23. The number of carbonyl (C=O) groups excluding carboxylic acids is 1. The maximum atomic E-state index is 12.6. The van der Waals surface area contributed by atoms with Crippen molar-refractivity contribution in [3.63, 3.8) is 0 Å². The first-order valence-electron chi connectivity index (χ1n) is 7.64. The number of hydrogen-bond donors (Lipinski definition) is 2. The number of pyridine rings is 1. The maximum Gasteiger partial charge on any atom is 0.268 e. The van der Waals surface area contributed by atoms with Crippen LogP contribution in [0, 0.1) is 0 Å². The number of para-hydroxylation sites is 2. The normalized spacial score (nSPS) is 11.0. The number of fused-ring (bicyclic) bond motifs is 1. The van der Waals surface area contributed by atoms with Crippen molar-refractivity contribution in [2.24, 2.45) is 0 Å². The molecule has 5 nitrogen and oxygen atoms in total. The highest BCUT2D eigenvalue weighted by Crippen LogP contribution is 2.34. The molecule has 0 atom stereocenters. The summed E-state index contributed by atoms with van der Waals surface area (Å²) in [6, 6.07) is 11.2. The number of nitrogen functional groups attached to an aromatic ring is 1. The fraction of sp³-hybridized carbons (Fsp3) is 0.222. The Morgan fingerprint density at radius 1 is 1.25 bits per heavy atom. The van der Waals surface area contributed by atoms with Crippen molar-refractivity contribution in [3.05, 3.63) is 47.0 Å². The first-order valence-corrected chi connectivity index (χ1v) is 8.46. The van der Waals surface area contributed by atoms with Gasteiger partial charge in [0.05, 0.1) is 18.5 Å². The lowest BCUT2D eigenvalue weighted by atomic mass is 10.1. The van der Waals surface area contributed by atoms with E-state index in [1.165, 1.54) is 11.3 Å². The molecule has 0 radical (unpaired) electrons. The van der Waals surface area contributed by atoms with Crippen molar-refractivity contribution in [1.29, 1.82) is 0 Å². The van der Waals surface area contributed by atoms with Crippen LogP contribution in [-0.4, -0.2) is 18.0 Å². The molecule has 0 bridgehead atoms. The highest BCUT2D eigenvalue weighted by Gasteiger charge is 2.19. The zero-order chi connectivity index (χ0) is 17.3. The lowest BCUT2D eigenvalue weighted by Gasteiger charge is -2.09. The summed E-state index contributed by atoms with van der Waals surface area (Å²) in [4.78, 5) is 18.5. The largest absolute Gasteiger partial charge is 0.495 e. The molecular weight excluding hydrogens is 322 g/mol. The molecule has 0 saturated heterocycles.